The van der Waals surface area contributed by atoms with Gasteiger partial charge in [0.2, 0.25) is 0 Å². The highest BCUT2D eigenvalue weighted by atomic mass is 16.4. The number of anilines is 2. The average Bonchev–Trinajstić information content (AvgIpc) is 3.40. The molecule has 0 atom stereocenters. The highest BCUT2D eigenvalue weighted by molar-refractivity contribution is 6.04. The fourth-order valence-electron chi connectivity index (χ4n) is 3.41. The van der Waals surface area contributed by atoms with Crippen LogP contribution in [0.4, 0.5) is 11.5 Å². The number of hydrogen-bond donors (Lipinski definition) is 2. The van der Waals surface area contributed by atoms with Gasteiger partial charge in [0.25, 0.3) is 0 Å². The molecule has 128 valence electrons. The first-order valence-corrected chi connectivity index (χ1v) is 8.29. The predicted molar refractivity (Wildman–Crippen MR) is 97.1 cm³/mol. The third kappa shape index (κ3) is 2.25. The van der Waals surface area contributed by atoms with Crippen molar-refractivity contribution in [3.63, 3.8) is 0 Å². The van der Waals surface area contributed by atoms with Crippen LogP contribution >= 0.6 is 0 Å². The first kappa shape index (κ1) is 14.7. The first-order valence-electron chi connectivity index (χ1n) is 8.29. The van der Waals surface area contributed by atoms with Crippen molar-refractivity contribution >= 4 is 22.9 Å². The van der Waals surface area contributed by atoms with E-state index in [1.54, 1.807) is 24.9 Å². The Morgan fingerprint density at radius 2 is 2.19 bits per heavy atom. The molecule has 3 aromatic heterocycles. The maximum Gasteiger partial charge on any atom is 0.157 e. The SMILES string of the molecule is O/N=C1\CCc2cc(Nc3c(-c4ccoc4)nc4cnccn34)ccc21. The van der Waals surface area contributed by atoms with Gasteiger partial charge < -0.3 is 14.9 Å². The van der Waals surface area contributed by atoms with Gasteiger partial charge in [0.15, 0.2) is 5.65 Å². The largest absolute Gasteiger partial charge is 0.472 e. The van der Waals surface area contributed by atoms with Crippen LogP contribution in [-0.4, -0.2) is 25.3 Å². The summed E-state index contributed by atoms with van der Waals surface area (Å²) < 4.78 is 7.19. The molecule has 26 heavy (non-hydrogen) atoms. The minimum absolute atomic E-state index is 0.742. The van der Waals surface area contributed by atoms with Crippen molar-refractivity contribution in [3.8, 4) is 11.3 Å². The van der Waals surface area contributed by atoms with Crippen LogP contribution in [0.1, 0.15) is 17.5 Å². The Morgan fingerprint density at radius 1 is 1.23 bits per heavy atom. The Balaban J connectivity index is 1.61. The molecule has 0 radical (unpaired) electrons. The number of imidazole rings is 1. The molecule has 0 amide bonds. The number of fused-ring (bicyclic) bond motifs is 2. The van der Waals surface area contributed by atoms with Crippen molar-refractivity contribution in [3.05, 3.63) is 66.5 Å². The van der Waals surface area contributed by atoms with Gasteiger partial charge in [-0.15, -0.1) is 0 Å². The summed E-state index contributed by atoms with van der Waals surface area (Å²) in [4.78, 5) is 8.82. The lowest BCUT2D eigenvalue weighted by Crippen LogP contribution is -1.99. The molecular weight excluding hydrogens is 330 g/mol. The van der Waals surface area contributed by atoms with Gasteiger partial charge in [-0.2, -0.15) is 0 Å². The maximum absolute atomic E-state index is 9.10. The predicted octanol–water partition coefficient (Wildman–Crippen LogP) is 3.86. The quantitative estimate of drug-likeness (QED) is 0.435. The zero-order chi connectivity index (χ0) is 17.5. The highest BCUT2D eigenvalue weighted by Crippen LogP contribution is 2.33. The first-order chi connectivity index (χ1) is 12.8. The monoisotopic (exact) mass is 345 g/mol. The minimum atomic E-state index is 0.742. The van der Waals surface area contributed by atoms with E-state index in [4.69, 9.17) is 9.62 Å². The maximum atomic E-state index is 9.10. The third-order valence-corrected chi connectivity index (χ3v) is 4.66. The molecule has 3 heterocycles. The molecule has 5 rings (SSSR count). The standard InChI is InChI=1S/C19H15N5O2/c25-23-16-4-1-12-9-14(2-3-15(12)16)21-19-18(13-5-8-26-11-13)22-17-10-20-6-7-24(17)19/h2-3,5-11,21,25H,1,4H2/b23-16+. The van der Waals surface area contributed by atoms with Crippen molar-refractivity contribution in [2.24, 2.45) is 5.16 Å². The van der Waals surface area contributed by atoms with Gasteiger partial charge in [-0.1, -0.05) is 11.2 Å². The Morgan fingerprint density at radius 3 is 3.04 bits per heavy atom. The Bertz CT molecular complexity index is 1130. The summed E-state index contributed by atoms with van der Waals surface area (Å²) in [7, 11) is 0. The Kier molecular flexibility index (Phi) is 3.24. The molecule has 0 aliphatic heterocycles. The van der Waals surface area contributed by atoms with E-state index in [0.29, 0.717) is 0 Å². The van der Waals surface area contributed by atoms with Gasteiger partial charge in [-0.05, 0) is 36.6 Å². The summed E-state index contributed by atoms with van der Waals surface area (Å²) in [5.41, 5.74) is 6.32. The summed E-state index contributed by atoms with van der Waals surface area (Å²) in [5, 5.41) is 16.0. The van der Waals surface area contributed by atoms with Gasteiger partial charge in [-0.25, -0.2) is 4.98 Å². The number of nitrogens with zero attached hydrogens (tertiary/aromatic N) is 4. The third-order valence-electron chi connectivity index (χ3n) is 4.66. The summed E-state index contributed by atoms with van der Waals surface area (Å²) in [6.07, 6.45) is 10.3. The number of aromatic nitrogens is 3. The van der Waals surface area contributed by atoms with Crippen molar-refractivity contribution in [2.75, 3.05) is 5.32 Å². The average molecular weight is 345 g/mol. The van der Waals surface area contributed by atoms with E-state index < -0.39 is 0 Å². The molecule has 1 aliphatic carbocycles. The summed E-state index contributed by atoms with van der Waals surface area (Å²) >= 11 is 0. The molecule has 2 N–H and O–H groups in total. The smallest absolute Gasteiger partial charge is 0.157 e. The number of nitrogens with one attached hydrogen (secondary N) is 1. The van der Waals surface area contributed by atoms with E-state index in [2.05, 4.69) is 26.5 Å². The number of hydrogen-bond acceptors (Lipinski definition) is 6. The molecule has 0 unspecified atom stereocenters. The van der Waals surface area contributed by atoms with Gasteiger partial charge >= 0.3 is 0 Å². The molecule has 7 nitrogen and oxygen atoms in total. The van der Waals surface area contributed by atoms with Crippen LogP contribution < -0.4 is 5.32 Å². The topological polar surface area (TPSA) is 88.0 Å². The highest BCUT2D eigenvalue weighted by Gasteiger charge is 2.20. The van der Waals surface area contributed by atoms with Crippen LogP contribution in [0.15, 0.2) is 65.0 Å². The lowest BCUT2D eigenvalue weighted by molar-refractivity contribution is 0.318. The molecular formula is C19H15N5O2. The molecule has 0 bridgehead atoms. The molecule has 1 aliphatic rings. The van der Waals surface area contributed by atoms with Crippen LogP contribution in [0.5, 0.6) is 0 Å². The molecule has 0 fully saturated rings. The van der Waals surface area contributed by atoms with Crippen LogP contribution in [0.25, 0.3) is 16.9 Å². The number of benzene rings is 1. The minimum Gasteiger partial charge on any atom is -0.472 e. The Hall–Kier alpha value is -3.61. The van der Waals surface area contributed by atoms with E-state index in [-0.39, 0.29) is 0 Å². The van der Waals surface area contributed by atoms with E-state index in [1.165, 1.54) is 5.56 Å². The zero-order valence-corrected chi connectivity index (χ0v) is 13.8. The molecule has 0 spiro atoms. The molecule has 0 saturated heterocycles. The van der Waals surface area contributed by atoms with Crippen LogP contribution in [0.2, 0.25) is 0 Å². The second kappa shape index (κ2) is 5.73. The molecule has 0 saturated carbocycles. The summed E-state index contributed by atoms with van der Waals surface area (Å²) in [6.45, 7) is 0. The fourth-order valence-corrected chi connectivity index (χ4v) is 3.41. The van der Waals surface area contributed by atoms with Crippen LogP contribution in [0, 0.1) is 0 Å². The van der Waals surface area contributed by atoms with E-state index >= 15 is 0 Å². The van der Waals surface area contributed by atoms with Crippen molar-refractivity contribution in [1.82, 2.24) is 14.4 Å². The number of aryl methyl sites for hydroxylation is 1. The molecule has 7 heteroatoms. The van der Waals surface area contributed by atoms with Crippen molar-refractivity contribution in [2.45, 2.75) is 12.8 Å². The normalized spacial score (nSPS) is 14.8. The fraction of sp³-hybridized carbons (Fsp3) is 0.105. The van der Waals surface area contributed by atoms with Gasteiger partial charge in [0.1, 0.15) is 11.5 Å². The Labute approximate surface area is 148 Å². The van der Waals surface area contributed by atoms with Gasteiger partial charge in [-0.3, -0.25) is 9.38 Å². The number of oxime groups is 1. The van der Waals surface area contributed by atoms with Crippen LogP contribution in [0.3, 0.4) is 0 Å². The van der Waals surface area contributed by atoms with Crippen LogP contribution in [-0.2, 0) is 6.42 Å². The number of rotatable bonds is 3. The molecule has 4 aromatic rings. The van der Waals surface area contributed by atoms with E-state index in [0.717, 1.165) is 52.5 Å². The van der Waals surface area contributed by atoms with Gasteiger partial charge in [0.05, 0.1) is 24.4 Å². The number of furan rings is 1. The summed E-state index contributed by atoms with van der Waals surface area (Å²) in [5.74, 6) is 0.845. The lowest BCUT2D eigenvalue weighted by atomic mass is 10.1. The van der Waals surface area contributed by atoms with E-state index in [9.17, 15) is 0 Å². The second-order valence-corrected chi connectivity index (χ2v) is 6.17. The summed E-state index contributed by atoms with van der Waals surface area (Å²) in [6, 6.07) is 7.94. The second-order valence-electron chi connectivity index (χ2n) is 6.17. The van der Waals surface area contributed by atoms with Crippen molar-refractivity contribution < 1.29 is 9.62 Å². The zero-order valence-electron chi connectivity index (χ0n) is 13.8. The van der Waals surface area contributed by atoms with Crippen molar-refractivity contribution in [1.29, 1.82) is 0 Å². The lowest BCUT2D eigenvalue weighted by Gasteiger charge is -2.10. The van der Waals surface area contributed by atoms with E-state index in [1.807, 2.05) is 28.8 Å². The van der Waals surface area contributed by atoms with Gasteiger partial charge in [0, 0.05) is 29.2 Å². The molecule has 1 aromatic carbocycles.